The van der Waals surface area contributed by atoms with Crippen LogP contribution in [0.2, 0.25) is 5.02 Å². The molecule has 0 unspecified atom stereocenters. The lowest BCUT2D eigenvalue weighted by Crippen LogP contribution is -2.39. The van der Waals surface area contributed by atoms with Crippen LogP contribution in [-0.4, -0.2) is 40.7 Å². The molecule has 3 heterocycles. The van der Waals surface area contributed by atoms with E-state index >= 15 is 0 Å². The fourth-order valence-electron chi connectivity index (χ4n) is 4.63. The van der Waals surface area contributed by atoms with Gasteiger partial charge in [0, 0.05) is 29.4 Å². The molecule has 1 aliphatic rings. The van der Waals surface area contributed by atoms with Crippen LogP contribution in [0.25, 0.3) is 15.9 Å². The molecule has 5 rings (SSSR count). The number of halogens is 2. The van der Waals surface area contributed by atoms with E-state index in [9.17, 15) is 18.8 Å². The van der Waals surface area contributed by atoms with Crippen molar-refractivity contribution in [3.8, 4) is 17.2 Å². The molecule has 2 aromatic heterocycles. The van der Waals surface area contributed by atoms with E-state index in [2.05, 4.69) is 0 Å². The number of rotatable bonds is 5. The van der Waals surface area contributed by atoms with Gasteiger partial charge in [0.05, 0.1) is 38.4 Å². The van der Waals surface area contributed by atoms with Crippen molar-refractivity contribution in [3.63, 3.8) is 0 Å². The number of aromatic nitrogens is 2. The molecule has 0 N–H and O–H groups in total. The van der Waals surface area contributed by atoms with Gasteiger partial charge in [0.1, 0.15) is 10.6 Å². The van der Waals surface area contributed by atoms with Gasteiger partial charge in [0.2, 0.25) is 5.91 Å². The van der Waals surface area contributed by atoms with Gasteiger partial charge in [0.25, 0.3) is 5.56 Å². The average Bonchev–Trinajstić information content (AvgIpc) is 3.26. The summed E-state index contributed by atoms with van der Waals surface area (Å²) in [6.07, 6.45) is 0.492. The number of benzene rings is 2. The molecule has 0 saturated heterocycles. The fraction of sp³-hybridized carbons (Fsp3) is 0.269. The van der Waals surface area contributed by atoms with Crippen LogP contribution in [0.4, 0.5) is 4.39 Å². The Labute approximate surface area is 220 Å². The van der Waals surface area contributed by atoms with Gasteiger partial charge >= 0.3 is 5.69 Å². The fourth-order valence-corrected chi connectivity index (χ4v) is 6.20. The van der Waals surface area contributed by atoms with Crippen molar-refractivity contribution < 1.29 is 18.7 Å². The van der Waals surface area contributed by atoms with Crippen molar-refractivity contribution in [2.45, 2.75) is 26.4 Å². The molecule has 37 heavy (non-hydrogen) atoms. The number of fused-ring (bicyclic) bond motifs is 3. The van der Waals surface area contributed by atoms with Crippen molar-refractivity contribution >= 4 is 39.1 Å². The first-order valence-corrected chi connectivity index (χ1v) is 12.6. The zero-order chi connectivity index (χ0) is 26.4. The van der Waals surface area contributed by atoms with E-state index in [0.29, 0.717) is 52.5 Å². The molecular weight excluding hydrogens is 521 g/mol. The molecule has 0 spiro atoms. The van der Waals surface area contributed by atoms with E-state index in [-0.39, 0.29) is 17.5 Å². The Hall–Kier alpha value is -3.63. The summed E-state index contributed by atoms with van der Waals surface area (Å²) in [4.78, 5) is 42.9. The van der Waals surface area contributed by atoms with E-state index in [1.165, 1.54) is 55.2 Å². The second-order valence-electron chi connectivity index (χ2n) is 8.66. The Morgan fingerprint density at radius 2 is 1.86 bits per heavy atom. The quantitative estimate of drug-likeness (QED) is 0.380. The molecule has 192 valence electrons. The van der Waals surface area contributed by atoms with Crippen LogP contribution in [0.3, 0.4) is 0 Å². The summed E-state index contributed by atoms with van der Waals surface area (Å²) in [5.74, 6) is 0.277. The molecule has 1 aliphatic heterocycles. The molecule has 0 saturated carbocycles. The maximum absolute atomic E-state index is 13.9. The molecule has 2 aromatic carbocycles. The first-order valence-electron chi connectivity index (χ1n) is 11.5. The van der Waals surface area contributed by atoms with Gasteiger partial charge in [-0.2, -0.15) is 0 Å². The van der Waals surface area contributed by atoms with Crippen LogP contribution in [0.1, 0.15) is 22.9 Å². The minimum absolute atomic E-state index is 0.0256. The van der Waals surface area contributed by atoms with Gasteiger partial charge in [-0.3, -0.25) is 14.2 Å². The molecule has 0 aliphatic carbocycles. The number of carbonyl (C=O) groups excluding carboxylic acids is 1. The number of amides is 1. The van der Waals surface area contributed by atoms with Crippen LogP contribution in [-0.2, 0) is 24.3 Å². The lowest BCUT2D eigenvalue weighted by Gasteiger charge is -2.25. The summed E-state index contributed by atoms with van der Waals surface area (Å²) in [5.41, 5.74) is 0.639. The Balaban J connectivity index is 1.80. The molecule has 8 nitrogen and oxygen atoms in total. The van der Waals surface area contributed by atoms with E-state index in [1.54, 1.807) is 23.1 Å². The number of methoxy groups -OCH3 is 2. The Bertz CT molecular complexity index is 1680. The molecule has 0 atom stereocenters. The van der Waals surface area contributed by atoms with Crippen LogP contribution in [0.5, 0.6) is 11.5 Å². The second-order valence-corrected chi connectivity index (χ2v) is 10.1. The number of nitrogens with zero attached hydrogens (tertiary/aromatic N) is 3. The van der Waals surface area contributed by atoms with E-state index in [1.807, 2.05) is 0 Å². The largest absolute Gasteiger partial charge is 0.493 e. The molecule has 11 heteroatoms. The minimum Gasteiger partial charge on any atom is -0.493 e. The van der Waals surface area contributed by atoms with Crippen molar-refractivity contribution in [2.24, 2.45) is 0 Å². The van der Waals surface area contributed by atoms with Crippen LogP contribution >= 0.6 is 22.9 Å². The predicted molar refractivity (Wildman–Crippen MR) is 140 cm³/mol. The zero-order valence-electron chi connectivity index (χ0n) is 20.3. The normalized spacial score (nSPS) is 13.1. The first-order chi connectivity index (χ1) is 17.7. The SMILES string of the molecule is COc1ccc(-n2c(=O)c3c4c(sc3n(Cc3ccc(F)cc3Cl)c2=O)CN(C(C)=O)CC4)cc1OC. The maximum Gasteiger partial charge on any atom is 0.337 e. The van der Waals surface area contributed by atoms with Gasteiger partial charge in [-0.05, 0) is 41.8 Å². The van der Waals surface area contributed by atoms with Crippen molar-refractivity contribution in [3.05, 3.63) is 84.1 Å². The molecule has 4 aromatic rings. The van der Waals surface area contributed by atoms with Crippen LogP contribution in [0.15, 0.2) is 46.0 Å². The smallest absolute Gasteiger partial charge is 0.337 e. The highest BCUT2D eigenvalue weighted by Crippen LogP contribution is 2.34. The standard InChI is InChI=1S/C26H23ClFN3O5S/c1-14(32)29-9-8-18-22(13-29)37-25-23(18)24(33)31(17-6-7-20(35-2)21(11-17)36-3)26(34)30(25)12-15-4-5-16(28)10-19(15)27/h4-7,10-11H,8-9,12-13H2,1-3H3. The summed E-state index contributed by atoms with van der Waals surface area (Å²) in [6.45, 7) is 2.38. The van der Waals surface area contributed by atoms with Crippen molar-refractivity contribution in [1.29, 1.82) is 0 Å². The molecular formula is C26H23ClFN3O5S. The van der Waals surface area contributed by atoms with E-state index < -0.39 is 17.1 Å². The summed E-state index contributed by atoms with van der Waals surface area (Å²) < 4.78 is 27.0. The summed E-state index contributed by atoms with van der Waals surface area (Å²) in [7, 11) is 2.97. The minimum atomic E-state index is -0.577. The number of ether oxygens (including phenoxy) is 2. The van der Waals surface area contributed by atoms with E-state index in [0.717, 1.165) is 15.0 Å². The van der Waals surface area contributed by atoms with Gasteiger partial charge in [-0.25, -0.2) is 13.8 Å². The van der Waals surface area contributed by atoms with Gasteiger partial charge in [0.15, 0.2) is 11.5 Å². The molecule has 0 bridgehead atoms. The Morgan fingerprint density at radius 3 is 2.54 bits per heavy atom. The molecule has 0 radical (unpaired) electrons. The lowest BCUT2D eigenvalue weighted by atomic mass is 10.1. The lowest BCUT2D eigenvalue weighted by molar-refractivity contribution is -0.129. The highest BCUT2D eigenvalue weighted by atomic mass is 35.5. The Morgan fingerprint density at radius 1 is 1.11 bits per heavy atom. The van der Waals surface area contributed by atoms with Crippen LogP contribution < -0.4 is 20.7 Å². The maximum atomic E-state index is 13.9. The average molecular weight is 544 g/mol. The third-order valence-electron chi connectivity index (χ3n) is 6.54. The third-order valence-corrected chi connectivity index (χ3v) is 8.13. The highest BCUT2D eigenvalue weighted by Gasteiger charge is 2.28. The second kappa shape index (κ2) is 9.68. The predicted octanol–water partition coefficient (Wildman–Crippen LogP) is 3.98. The summed E-state index contributed by atoms with van der Waals surface area (Å²) in [5, 5.41) is 0.601. The first kappa shape index (κ1) is 25.0. The topological polar surface area (TPSA) is 82.8 Å². The Kier molecular flexibility index (Phi) is 6.55. The van der Waals surface area contributed by atoms with E-state index in [4.69, 9.17) is 21.1 Å². The number of hydrogen-bond acceptors (Lipinski definition) is 6. The van der Waals surface area contributed by atoms with Crippen molar-refractivity contribution in [1.82, 2.24) is 14.0 Å². The van der Waals surface area contributed by atoms with Crippen LogP contribution in [0, 0.1) is 5.82 Å². The van der Waals surface area contributed by atoms with Gasteiger partial charge in [-0.1, -0.05) is 17.7 Å². The monoisotopic (exact) mass is 543 g/mol. The summed E-state index contributed by atoms with van der Waals surface area (Å²) >= 11 is 7.62. The molecule has 1 amide bonds. The zero-order valence-corrected chi connectivity index (χ0v) is 21.9. The summed E-state index contributed by atoms with van der Waals surface area (Å²) in [6, 6.07) is 8.79. The van der Waals surface area contributed by atoms with Crippen molar-refractivity contribution in [2.75, 3.05) is 20.8 Å². The van der Waals surface area contributed by atoms with Gasteiger partial charge < -0.3 is 14.4 Å². The number of thiophene rings is 1. The highest BCUT2D eigenvalue weighted by molar-refractivity contribution is 7.18. The number of carbonyl (C=O) groups is 1. The third kappa shape index (κ3) is 4.30. The van der Waals surface area contributed by atoms with Gasteiger partial charge in [-0.15, -0.1) is 11.3 Å². The molecule has 0 fully saturated rings. The number of hydrogen-bond donors (Lipinski definition) is 0.